The summed E-state index contributed by atoms with van der Waals surface area (Å²) in [5.74, 6) is -0.223. The van der Waals surface area contributed by atoms with Gasteiger partial charge in [0.15, 0.2) is 0 Å². The molecule has 0 unspecified atom stereocenters. The molecule has 1 aliphatic rings. The third kappa shape index (κ3) is 3.48. The fraction of sp³-hybridized carbons (Fsp3) is 0.300. The van der Waals surface area contributed by atoms with Gasteiger partial charge >= 0.3 is 0 Å². The van der Waals surface area contributed by atoms with Crippen molar-refractivity contribution in [2.45, 2.75) is 19.9 Å². The van der Waals surface area contributed by atoms with Gasteiger partial charge in [0.25, 0.3) is 0 Å². The average Bonchev–Trinajstić information content (AvgIpc) is 2.97. The number of aryl methyl sites for hydroxylation is 1. The van der Waals surface area contributed by atoms with Gasteiger partial charge in [0.2, 0.25) is 11.8 Å². The average molecular weight is 322 g/mol. The highest BCUT2D eigenvalue weighted by Crippen LogP contribution is 2.26. The summed E-state index contributed by atoms with van der Waals surface area (Å²) in [5, 5.41) is 0. The molecule has 0 spiro atoms. The van der Waals surface area contributed by atoms with E-state index in [0.29, 0.717) is 13.1 Å². The number of anilines is 1. The van der Waals surface area contributed by atoms with Crippen molar-refractivity contribution in [3.63, 3.8) is 0 Å². The van der Waals surface area contributed by atoms with Gasteiger partial charge in [-0.05, 0) is 24.6 Å². The molecule has 24 heavy (non-hydrogen) atoms. The first-order valence-electron chi connectivity index (χ1n) is 8.20. The van der Waals surface area contributed by atoms with Crippen molar-refractivity contribution in [2.24, 2.45) is 5.92 Å². The van der Waals surface area contributed by atoms with Gasteiger partial charge in [0.1, 0.15) is 0 Å². The number of amides is 2. The minimum atomic E-state index is -0.271. The lowest BCUT2D eigenvalue weighted by molar-refractivity contribution is -0.135. The summed E-state index contributed by atoms with van der Waals surface area (Å²) in [6.07, 6.45) is 0.284. The molecule has 0 radical (unpaired) electrons. The first-order valence-corrected chi connectivity index (χ1v) is 8.20. The summed E-state index contributed by atoms with van der Waals surface area (Å²) in [6, 6.07) is 17.7. The predicted octanol–water partition coefficient (Wildman–Crippen LogP) is 3.01. The Hall–Kier alpha value is -2.62. The van der Waals surface area contributed by atoms with Crippen molar-refractivity contribution in [1.82, 2.24) is 4.90 Å². The Labute approximate surface area is 142 Å². The summed E-state index contributed by atoms with van der Waals surface area (Å²) in [7, 11) is 1.80. The van der Waals surface area contributed by atoms with E-state index in [0.717, 1.165) is 16.8 Å². The number of rotatable bonds is 4. The molecule has 0 N–H and O–H groups in total. The van der Waals surface area contributed by atoms with Gasteiger partial charge < -0.3 is 9.80 Å². The molecule has 1 heterocycles. The molecule has 1 saturated heterocycles. The van der Waals surface area contributed by atoms with E-state index in [1.165, 1.54) is 0 Å². The fourth-order valence-electron chi connectivity index (χ4n) is 3.09. The summed E-state index contributed by atoms with van der Waals surface area (Å²) in [6.45, 7) is 3.04. The van der Waals surface area contributed by atoms with Crippen molar-refractivity contribution in [2.75, 3.05) is 18.5 Å². The Morgan fingerprint density at radius 1 is 1.12 bits per heavy atom. The molecule has 0 aromatic heterocycles. The summed E-state index contributed by atoms with van der Waals surface area (Å²) in [4.78, 5) is 28.4. The van der Waals surface area contributed by atoms with Crippen LogP contribution in [0.15, 0.2) is 54.6 Å². The molecule has 3 rings (SSSR count). The minimum absolute atomic E-state index is 0.0188. The molecule has 1 atom stereocenters. The van der Waals surface area contributed by atoms with E-state index < -0.39 is 0 Å². The van der Waals surface area contributed by atoms with E-state index in [1.807, 2.05) is 61.5 Å². The Balaban J connectivity index is 1.66. The Kier molecular flexibility index (Phi) is 4.65. The number of hydrogen-bond donors (Lipinski definition) is 0. The van der Waals surface area contributed by atoms with Crippen LogP contribution in [0.1, 0.15) is 17.5 Å². The maximum absolute atomic E-state index is 12.7. The molecule has 1 fully saturated rings. The molecule has 4 nitrogen and oxygen atoms in total. The predicted molar refractivity (Wildman–Crippen MR) is 94.6 cm³/mol. The van der Waals surface area contributed by atoms with E-state index in [4.69, 9.17) is 0 Å². The van der Waals surface area contributed by atoms with E-state index in [9.17, 15) is 9.59 Å². The van der Waals surface area contributed by atoms with Crippen LogP contribution >= 0.6 is 0 Å². The van der Waals surface area contributed by atoms with Gasteiger partial charge in [-0.1, -0.05) is 48.0 Å². The molecular weight excluding hydrogens is 300 g/mol. The van der Waals surface area contributed by atoms with Gasteiger partial charge in [-0.15, -0.1) is 0 Å². The lowest BCUT2D eigenvalue weighted by Crippen LogP contribution is -2.34. The first-order chi connectivity index (χ1) is 11.5. The van der Waals surface area contributed by atoms with Crippen LogP contribution in [0.5, 0.6) is 0 Å². The minimum Gasteiger partial charge on any atom is -0.341 e. The van der Waals surface area contributed by atoms with Crippen molar-refractivity contribution in [1.29, 1.82) is 0 Å². The van der Waals surface area contributed by atoms with Crippen LogP contribution in [-0.2, 0) is 16.1 Å². The molecule has 124 valence electrons. The zero-order valence-electron chi connectivity index (χ0n) is 14.1. The second kappa shape index (κ2) is 6.87. The molecule has 4 heteroatoms. The highest BCUT2D eigenvalue weighted by atomic mass is 16.2. The largest absolute Gasteiger partial charge is 0.341 e. The molecule has 0 bridgehead atoms. The maximum atomic E-state index is 12.7. The first kappa shape index (κ1) is 16.2. The lowest BCUT2D eigenvalue weighted by atomic mass is 10.1. The van der Waals surface area contributed by atoms with Crippen molar-refractivity contribution in [3.05, 3.63) is 65.7 Å². The maximum Gasteiger partial charge on any atom is 0.228 e. The molecule has 0 saturated carbocycles. The summed E-state index contributed by atoms with van der Waals surface area (Å²) < 4.78 is 0. The SMILES string of the molecule is Cc1ccc(N2C[C@H](C(=O)N(C)Cc3ccccc3)CC2=O)cc1. The van der Waals surface area contributed by atoms with Gasteiger partial charge in [0, 0.05) is 32.2 Å². The molecular formula is C20H22N2O2. The van der Waals surface area contributed by atoms with Crippen molar-refractivity contribution >= 4 is 17.5 Å². The second-order valence-corrected chi connectivity index (χ2v) is 6.42. The van der Waals surface area contributed by atoms with E-state index in [-0.39, 0.29) is 24.2 Å². The topological polar surface area (TPSA) is 40.6 Å². The number of nitrogens with zero attached hydrogens (tertiary/aromatic N) is 2. The van der Waals surface area contributed by atoms with Crippen LogP contribution in [0.2, 0.25) is 0 Å². The van der Waals surface area contributed by atoms with Crippen LogP contribution in [-0.4, -0.2) is 30.3 Å². The number of hydrogen-bond acceptors (Lipinski definition) is 2. The fourth-order valence-corrected chi connectivity index (χ4v) is 3.09. The van der Waals surface area contributed by atoms with Crippen molar-refractivity contribution in [3.8, 4) is 0 Å². The van der Waals surface area contributed by atoms with Crippen molar-refractivity contribution < 1.29 is 9.59 Å². The number of carbonyl (C=O) groups excluding carboxylic acids is 2. The molecule has 2 amide bonds. The Bertz CT molecular complexity index is 725. The number of carbonyl (C=O) groups is 2. The van der Waals surface area contributed by atoms with E-state index in [2.05, 4.69) is 0 Å². The third-order valence-electron chi connectivity index (χ3n) is 4.46. The smallest absolute Gasteiger partial charge is 0.228 e. The zero-order valence-corrected chi connectivity index (χ0v) is 14.1. The molecule has 2 aromatic rings. The molecule has 2 aromatic carbocycles. The van der Waals surface area contributed by atoms with E-state index in [1.54, 1.807) is 16.8 Å². The van der Waals surface area contributed by atoms with Crippen LogP contribution in [0.4, 0.5) is 5.69 Å². The standard InChI is InChI=1S/C20H22N2O2/c1-15-8-10-18(11-9-15)22-14-17(12-19(22)23)20(24)21(2)13-16-6-4-3-5-7-16/h3-11,17H,12-14H2,1-2H3/t17-/m1/s1. The quantitative estimate of drug-likeness (QED) is 0.868. The van der Waals surface area contributed by atoms with Crippen LogP contribution in [0.3, 0.4) is 0 Å². The Morgan fingerprint density at radius 3 is 2.46 bits per heavy atom. The van der Waals surface area contributed by atoms with Gasteiger partial charge in [-0.2, -0.15) is 0 Å². The monoisotopic (exact) mass is 322 g/mol. The van der Waals surface area contributed by atoms with Crippen LogP contribution in [0.25, 0.3) is 0 Å². The van der Waals surface area contributed by atoms with Gasteiger partial charge in [0.05, 0.1) is 5.92 Å². The molecule has 1 aliphatic heterocycles. The summed E-state index contributed by atoms with van der Waals surface area (Å²) in [5.41, 5.74) is 3.11. The van der Waals surface area contributed by atoms with Gasteiger partial charge in [-0.25, -0.2) is 0 Å². The number of benzene rings is 2. The highest BCUT2D eigenvalue weighted by Gasteiger charge is 2.36. The lowest BCUT2D eigenvalue weighted by Gasteiger charge is -2.21. The molecule has 0 aliphatic carbocycles. The van der Waals surface area contributed by atoms with E-state index >= 15 is 0 Å². The zero-order chi connectivity index (χ0) is 17.1. The second-order valence-electron chi connectivity index (χ2n) is 6.42. The highest BCUT2D eigenvalue weighted by molar-refractivity contribution is 6.00. The van der Waals surface area contributed by atoms with Crippen LogP contribution in [0, 0.1) is 12.8 Å². The Morgan fingerprint density at radius 2 is 1.79 bits per heavy atom. The third-order valence-corrected chi connectivity index (χ3v) is 4.46. The van der Waals surface area contributed by atoms with Crippen LogP contribution < -0.4 is 4.90 Å². The summed E-state index contributed by atoms with van der Waals surface area (Å²) >= 11 is 0. The van der Waals surface area contributed by atoms with Gasteiger partial charge in [-0.3, -0.25) is 9.59 Å². The normalized spacial score (nSPS) is 17.2.